The van der Waals surface area contributed by atoms with E-state index in [1.54, 1.807) is 12.1 Å². The molecule has 1 aliphatic heterocycles. The summed E-state index contributed by atoms with van der Waals surface area (Å²) in [5.74, 6) is 0. The highest BCUT2D eigenvalue weighted by molar-refractivity contribution is 7.92. The van der Waals surface area contributed by atoms with Gasteiger partial charge in [0.1, 0.15) is 0 Å². The zero-order chi connectivity index (χ0) is 21.3. The van der Waals surface area contributed by atoms with E-state index in [1.807, 2.05) is 49.4 Å². The Bertz CT molecular complexity index is 1140. The predicted octanol–water partition coefficient (Wildman–Crippen LogP) is 4.90. The first kappa shape index (κ1) is 23.4. The van der Waals surface area contributed by atoms with Crippen molar-refractivity contribution in [3.05, 3.63) is 66.2 Å². The van der Waals surface area contributed by atoms with Crippen LogP contribution in [0.3, 0.4) is 0 Å². The number of hydrogen-bond acceptors (Lipinski definition) is 4. The van der Waals surface area contributed by atoms with Crippen molar-refractivity contribution in [1.29, 1.82) is 0 Å². The number of benzene rings is 3. The van der Waals surface area contributed by atoms with E-state index in [0.29, 0.717) is 11.7 Å². The summed E-state index contributed by atoms with van der Waals surface area (Å²) in [6, 6.07) is 19.4. The van der Waals surface area contributed by atoms with Crippen molar-refractivity contribution in [2.45, 2.75) is 31.7 Å². The number of nitrogens with one attached hydrogen (secondary N) is 1. The van der Waals surface area contributed by atoms with Crippen molar-refractivity contribution >= 4 is 44.6 Å². The van der Waals surface area contributed by atoms with Gasteiger partial charge in [-0.3, -0.25) is 9.62 Å². The molecule has 0 atom stereocenters. The van der Waals surface area contributed by atoms with Crippen LogP contribution in [0.15, 0.2) is 65.6 Å². The second-order valence-electron chi connectivity index (χ2n) is 8.21. The Morgan fingerprint density at radius 2 is 1.45 bits per heavy atom. The zero-order valence-electron chi connectivity index (χ0n) is 18.2. The summed E-state index contributed by atoms with van der Waals surface area (Å²) < 4.78 is 28.6. The summed E-state index contributed by atoms with van der Waals surface area (Å²) in [5, 5.41) is 1.98. The smallest absolute Gasteiger partial charge is 0.261 e. The molecule has 3 aromatic rings. The molecule has 1 aliphatic rings. The summed E-state index contributed by atoms with van der Waals surface area (Å²) in [6.07, 6.45) is 0. The van der Waals surface area contributed by atoms with Crippen LogP contribution in [0.5, 0.6) is 0 Å². The lowest BCUT2D eigenvalue weighted by Gasteiger charge is -2.38. The fraction of sp³-hybridized carbons (Fsp3) is 0.333. The molecule has 1 fully saturated rings. The molecule has 1 N–H and O–H groups in total. The van der Waals surface area contributed by atoms with Gasteiger partial charge in [-0.15, -0.1) is 12.4 Å². The van der Waals surface area contributed by atoms with Gasteiger partial charge in [0.05, 0.1) is 10.6 Å². The van der Waals surface area contributed by atoms with E-state index < -0.39 is 10.0 Å². The van der Waals surface area contributed by atoms with E-state index in [-0.39, 0.29) is 17.3 Å². The molecule has 166 valence electrons. The monoisotopic (exact) mass is 459 g/mol. The molecular weight excluding hydrogens is 430 g/mol. The molecule has 0 aliphatic carbocycles. The van der Waals surface area contributed by atoms with Gasteiger partial charge in [0, 0.05) is 48.7 Å². The molecule has 5 nitrogen and oxygen atoms in total. The van der Waals surface area contributed by atoms with Crippen molar-refractivity contribution < 1.29 is 8.42 Å². The number of anilines is 2. The van der Waals surface area contributed by atoms with Gasteiger partial charge < -0.3 is 4.90 Å². The van der Waals surface area contributed by atoms with Crippen LogP contribution < -0.4 is 9.62 Å². The third-order valence-corrected chi connectivity index (χ3v) is 7.24. The van der Waals surface area contributed by atoms with Crippen LogP contribution in [0.25, 0.3) is 10.8 Å². The lowest BCUT2D eigenvalue weighted by molar-refractivity contribution is 0.209. The van der Waals surface area contributed by atoms with E-state index in [0.717, 1.165) is 48.2 Å². The molecule has 0 unspecified atom stereocenters. The number of nitrogens with zero attached hydrogens (tertiary/aromatic N) is 2. The first-order valence-corrected chi connectivity index (χ1v) is 11.9. The molecule has 0 saturated carbocycles. The first-order chi connectivity index (χ1) is 14.3. The van der Waals surface area contributed by atoms with Crippen LogP contribution in [-0.4, -0.2) is 45.5 Å². The fourth-order valence-electron chi connectivity index (χ4n) is 4.05. The average Bonchev–Trinajstić information content (AvgIpc) is 2.74. The summed E-state index contributed by atoms with van der Waals surface area (Å²) in [7, 11) is -3.65. The van der Waals surface area contributed by atoms with Gasteiger partial charge in [-0.2, -0.15) is 0 Å². The Balaban J connectivity index is 0.00000272. The Hall–Kier alpha value is -2.28. The molecule has 0 radical (unpaired) electrons. The second-order valence-corrected chi connectivity index (χ2v) is 9.90. The minimum Gasteiger partial charge on any atom is -0.368 e. The SMILES string of the molecule is Cc1ccc(S(=O)(=O)Nc2ccc(N3CCN(C(C)C)CC3)c3ccccc23)cc1.Cl. The largest absolute Gasteiger partial charge is 0.368 e. The van der Waals surface area contributed by atoms with Gasteiger partial charge in [0.25, 0.3) is 10.0 Å². The van der Waals surface area contributed by atoms with E-state index in [4.69, 9.17) is 0 Å². The maximum atomic E-state index is 12.9. The molecule has 1 heterocycles. The number of halogens is 1. The fourth-order valence-corrected chi connectivity index (χ4v) is 5.13. The summed E-state index contributed by atoms with van der Waals surface area (Å²) >= 11 is 0. The molecule has 0 aromatic heterocycles. The van der Waals surface area contributed by atoms with E-state index in [2.05, 4.69) is 34.4 Å². The predicted molar refractivity (Wildman–Crippen MR) is 132 cm³/mol. The van der Waals surface area contributed by atoms with Crippen LogP contribution >= 0.6 is 12.4 Å². The molecule has 3 aromatic carbocycles. The van der Waals surface area contributed by atoms with Crippen molar-refractivity contribution in [2.24, 2.45) is 0 Å². The highest BCUT2D eigenvalue weighted by Gasteiger charge is 2.22. The Morgan fingerprint density at radius 3 is 2.06 bits per heavy atom. The van der Waals surface area contributed by atoms with E-state index in [1.165, 1.54) is 0 Å². The quantitative estimate of drug-likeness (QED) is 0.589. The van der Waals surface area contributed by atoms with Gasteiger partial charge >= 0.3 is 0 Å². The molecule has 31 heavy (non-hydrogen) atoms. The van der Waals surface area contributed by atoms with Crippen molar-refractivity contribution in [1.82, 2.24) is 4.90 Å². The van der Waals surface area contributed by atoms with Gasteiger partial charge in [-0.05, 0) is 45.0 Å². The van der Waals surface area contributed by atoms with Crippen LogP contribution in [0, 0.1) is 6.92 Å². The molecule has 0 amide bonds. The number of rotatable bonds is 5. The highest BCUT2D eigenvalue weighted by atomic mass is 35.5. The van der Waals surface area contributed by atoms with Crippen LogP contribution in [0.4, 0.5) is 11.4 Å². The summed E-state index contributed by atoms with van der Waals surface area (Å²) in [5.41, 5.74) is 2.80. The second kappa shape index (κ2) is 9.47. The number of aryl methyl sites for hydroxylation is 1. The van der Waals surface area contributed by atoms with Crippen molar-refractivity contribution in [2.75, 3.05) is 35.8 Å². The standard InChI is InChI=1S/C24H29N3O2S.ClH/c1-18(2)26-14-16-27(17-15-26)24-13-12-23(21-6-4-5-7-22(21)24)25-30(28,29)20-10-8-19(3)9-11-20;/h4-13,18,25H,14-17H2,1-3H3;1H. The first-order valence-electron chi connectivity index (χ1n) is 10.5. The Morgan fingerprint density at radius 1 is 0.839 bits per heavy atom. The summed E-state index contributed by atoms with van der Waals surface area (Å²) in [4.78, 5) is 5.16. The Kier molecular flexibility index (Phi) is 7.14. The minimum atomic E-state index is -3.65. The van der Waals surface area contributed by atoms with Crippen molar-refractivity contribution in [3.8, 4) is 0 Å². The maximum Gasteiger partial charge on any atom is 0.261 e. The number of hydrogen-bond donors (Lipinski definition) is 1. The topological polar surface area (TPSA) is 52.7 Å². The van der Waals surface area contributed by atoms with E-state index >= 15 is 0 Å². The number of sulfonamides is 1. The molecule has 0 spiro atoms. The Labute approximate surface area is 191 Å². The van der Waals surface area contributed by atoms with Crippen LogP contribution in [0.2, 0.25) is 0 Å². The average molecular weight is 460 g/mol. The third-order valence-electron chi connectivity index (χ3n) is 5.86. The molecule has 4 rings (SSSR count). The van der Waals surface area contributed by atoms with Crippen LogP contribution in [0.1, 0.15) is 19.4 Å². The maximum absolute atomic E-state index is 12.9. The molecular formula is C24H30ClN3O2S. The van der Waals surface area contributed by atoms with Gasteiger partial charge in [0.2, 0.25) is 0 Å². The molecule has 7 heteroatoms. The molecule has 0 bridgehead atoms. The van der Waals surface area contributed by atoms with Gasteiger partial charge in [-0.1, -0.05) is 42.0 Å². The lowest BCUT2D eigenvalue weighted by atomic mass is 10.1. The lowest BCUT2D eigenvalue weighted by Crippen LogP contribution is -2.48. The number of piperazine rings is 1. The third kappa shape index (κ3) is 4.97. The number of fused-ring (bicyclic) bond motifs is 1. The molecule has 1 saturated heterocycles. The van der Waals surface area contributed by atoms with Crippen molar-refractivity contribution in [3.63, 3.8) is 0 Å². The van der Waals surface area contributed by atoms with E-state index in [9.17, 15) is 8.42 Å². The summed E-state index contributed by atoms with van der Waals surface area (Å²) in [6.45, 7) is 10.4. The van der Waals surface area contributed by atoms with Gasteiger partial charge in [-0.25, -0.2) is 8.42 Å². The zero-order valence-corrected chi connectivity index (χ0v) is 19.8. The van der Waals surface area contributed by atoms with Crippen LogP contribution in [-0.2, 0) is 10.0 Å². The normalized spacial score (nSPS) is 15.2. The highest BCUT2D eigenvalue weighted by Crippen LogP contribution is 2.34. The van der Waals surface area contributed by atoms with Gasteiger partial charge in [0.15, 0.2) is 0 Å². The minimum absolute atomic E-state index is 0.